The number of hydrogen-bond acceptors (Lipinski definition) is 2. The topological polar surface area (TPSA) is 74.4 Å². The van der Waals surface area contributed by atoms with Crippen molar-refractivity contribution in [2.75, 3.05) is 28.2 Å². The summed E-state index contributed by atoms with van der Waals surface area (Å²) >= 11 is -3.18. The van der Waals surface area contributed by atoms with Gasteiger partial charge in [0, 0.05) is 0 Å². The smallest absolute Gasteiger partial charge is 0.162 e. The van der Waals surface area contributed by atoms with E-state index in [-0.39, 0.29) is 5.92 Å². The summed E-state index contributed by atoms with van der Waals surface area (Å²) in [4.78, 5) is 0.345. The van der Waals surface area contributed by atoms with Crippen LogP contribution >= 0.6 is 0 Å². The Bertz CT molecular complexity index is 1040. The molecule has 2 aromatic carbocycles. The van der Waals surface area contributed by atoms with Gasteiger partial charge in [0.25, 0.3) is 0 Å². The van der Waals surface area contributed by atoms with Gasteiger partial charge < -0.3 is 10.6 Å². The fourth-order valence-electron chi connectivity index (χ4n) is 3.96. The summed E-state index contributed by atoms with van der Waals surface area (Å²) in [5.41, 5.74) is 2.27. The van der Waals surface area contributed by atoms with Gasteiger partial charge in [-0.1, -0.05) is 0 Å². The van der Waals surface area contributed by atoms with Crippen LogP contribution in [0.1, 0.15) is 19.4 Å². The Morgan fingerprint density at radius 1 is 0.871 bits per heavy atom. The normalized spacial score (nSPS) is 16.8. The van der Waals surface area contributed by atoms with Gasteiger partial charge in [-0.15, -0.1) is 0 Å². The summed E-state index contributed by atoms with van der Waals surface area (Å²) in [7, 11) is 3.45. The summed E-state index contributed by atoms with van der Waals surface area (Å²) in [6, 6.07) is 15.3. The third-order valence-electron chi connectivity index (χ3n) is 5.21. The maximum Gasteiger partial charge on any atom is -0.162 e. The van der Waals surface area contributed by atoms with Gasteiger partial charge in [-0.3, -0.25) is 0 Å². The maximum absolute atomic E-state index is 13.1. The quantitative estimate of drug-likeness (QED) is 0.679. The van der Waals surface area contributed by atoms with E-state index in [2.05, 4.69) is 52.0 Å². The van der Waals surface area contributed by atoms with Crippen molar-refractivity contribution < 1.29 is 25.3 Å². The maximum atomic E-state index is 13.1. The molecule has 0 radical (unpaired) electrons. The Balaban J connectivity index is 0.000000513. The van der Waals surface area contributed by atoms with Crippen molar-refractivity contribution >= 4 is 17.8 Å². The Kier molecular flexibility index (Phi) is 9.01. The van der Waals surface area contributed by atoms with Crippen molar-refractivity contribution in [2.24, 2.45) is 5.92 Å². The van der Waals surface area contributed by atoms with Gasteiger partial charge in [0.15, 0.2) is 0 Å². The van der Waals surface area contributed by atoms with Crippen molar-refractivity contribution in [3.63, 3.8) is 0 Å². The van der Waals surface area contributed by atoms with Crippen LogP contribution in [0.25, 0.3) is 10.6 Å². The van der Waals surface area contributed by atoms with Gasteiger partial charge in [0.1, 0.15) is 0 Å². The minimum absolute atomic E-state index is 0.285. The first-order chi connectivity index (χ1) is 14.7. The van der Waals surface area contributed by atoms with Crippen molar-refractivity contribution in [1.82, 2.24) is 3.20 Å². The Morgan fingerprint density at radius 2 is 1.35 bits per heavy atom. The fraction of sp³-hybridized carbons (Fsp3) is 0.333. The number of fused-ring (bicyclic) bond motifs is 1. The number of nitrogens with one attached hydrogen (secondary N) is 1. The molecule has 5 nitrogen and oxygen atoms in total. The number of allylic oxidation sites excluding steroid dienone is 4. The number of aryl methyl sites for hydroxylation is 1. The Morgan fingerprint density at radius 3 is 1.77 bits per heavy atom. The number of hydrogen-bond donors (Lipinski definition) is 1. The molecule has 0 bridgehead atoms. The van der Waals surface area contributed by atoms with Crippen LogP contribution < -0.4 is 10.9 Å². The first-order valence-electron chi connectivity index (χ1n) is 10.3. The molecule has 1 atom stereocenters. The van der Waals surface area contributed by atoms with E-state index in [1.54, 1.807) is 40.3 Å². The molecule has 1 heterocycles. The van der Waals surface area contributed by atoms with E-state index >= 15 is 0 Å². The Labute approximate surface area is 191 Å². The van der Waals surface area contributed by atoms with E-state index in [1.807, 2.05) is 31.2 Å². The van der Waals surface area contributed by atoms with Crippen LogP contribution in [0.5, 0.6) is 0 Å². The van der Waals surface area contributed by atoms with Crippen LogP contribution in [0.2, 0.25) is 0 Å². The molecule has 0 aromatic heterocycles. The molecule has 2 aromatic rings. The molecule has 1 N–H and O–H groups in total. The molecular formula is C24H33N3O2STi. The van der Waals surface area contributed by atoms with Crippen molar-refractivity contribution in [3.05, 3.63) is 86.3 Å². The van der Waals surface area contributed by atoms with Gasteiger partial charge in [0.2, 0.25) is 0 Å². The number of benzene rings is 2. The first-order valence-corrected chi connectivity index (χ1v) is 14.9. The second kappa shape index (κ2) is 10.9. The van der Waals surface area contributed by atoms with Gasteiger partial charge >= 0.3 is 154 Å². The molecule has 1 unspecified atom stereocenters. The molecule has 2 aliphatic rings. The Hall–Kier alpha value is -1.54. The van der Waals surface area contributed by atoms with E-state index in [0.29, 0.717) is 4.90 Å². The van der Waals surface area contributed by atoms with Gasteiger partial charge in [-0.05, 0) is 0 Å². The van der Waals surface area contributed by atoms with Crippen molar-refractivity contribution in [1.29, 1.82) is 0 Å². The zero-order valence-electron chi connectivity index (χ0n) is 19.5. The molecule has 0 amide bonds. The van der Waals surface area contributed by atoms with Crippen molar-refractivity contribution in [3.8, 4) is 0 Å². The molecule has 0 spiro atoms. The van der Waals surface area contributed by atoms with E-state index in [9.17, 15) is 8.42 Å². The molecule has 31 heavy (non-hydrogen) atoms. The predicted octanol–water partition coefficient (Wildman–Crippen LogP) is 4.03. The van der Waals surface area contributed by atoms with Crippen LogP contribution in [-0.4, -0.2) is 36.6 Å². The van der Waals surface area contributed by atoms with Crippen LogP contribution in [0, 0.1) is 12.8 Å². The third-order valence-corrected chi connectivity index (χ3v) is 15.5. The average Bonchev–Trinajstić information content (AvgIpc) is 3.20. The summed E-state index contributed by atoms with van der Waals surface area (Å²) < 4.78 is 33.3. The van der Waals surface area contributed by atoms with Gasteiger partial charge in [-0.2, -0.15) is 28.2 Å². The largest absolute Gasteiger partial charge is 0.668 e. The molecule has 166 valence electrons. The standard InChI is InChI=1S/C7H8NO2S.C7H9.C6H4.2C2H6N.Ti/c1-6-2-4-7(5-3-6)11(8,9)10;1-6-3-4-7(2)5-6;1-2-4-6-5-3-1;2*1-3-2;/h2-5H,1H3,(H-,8,9,10);3-4,6H,1-2H3;1-4H;2*1-2H3;/q-1;;;2*-1;+3. The van der Waals surface area contributed by atoms with Crippen molar-refractivity contribution in [2.45, 2.75) is 25.7 Å². The monoisotopic (exact) mass is 475 g/mol. The number of rotatable bonds is 4. The minimum Gasteiger partial charge on any atom is -0.668 e. The summed E-state index contributed by atoms with van der Waals surface area (Å²) in [6.07, 6.45) is 4.31. The van der Waals surface area contributed by atoms with E-state index < -0.39 is 26.9 Å². The van der Waals surface area contributed by atoms with Crippen LogP contribution in [-0.2, 0) is 26.9 Å². The van der Waals surface area contributed by atoms with Crippen LogP contribution in [0.3, 0.4) is 0 Å². The van der Waals surface area contributed by atoms with E-state index in [1.165, 1.54) is 17.2 Å². The number of sulfonamides is 1. The van der Waals surface area contributed by atoms with E-state index in [4.69, 9.17) is 0 Å². The minimum atomic E-state index is -3.55. The summed E-state index contributed by atoms with van der Waals surface area (Å²) in [5, 5.41) is 7.00. The van der Waals surface area contributed by atoms with E-state index in [0.717, 1.165) is 5.56 Å². The average molecular weight is 475 g/mol. The molecular weight excluding hydrogens is 442 g/mol. The third kappa shape index (κ3) is 5.45. The summed E-state index contributed by atoms with van der Waals surface area (Å²) in [6.45, 7) is 6.22. The second-order valence-corrected chi connectivity index (χ2v) is 15.4. The predicted molar refractivity (Wildman–Crippen MR) is 129 cm³/mol. The van der Waals surface area contributed by atoms with Crippen LogP contribution in [0.4, 0.5) is 0 Å². The first kappa shape index (κ1) is 25.7. The molecule has 7 heteroatoms. The van der Waals surface area contributed by atoms with Crippen LogP contribution in [0.15, 0.2) is 75.0 Å². The second-order valence-electron chi connectivity index (χ2n) is 7.85. The molecule has 0 saturated heterocycles. The van der Waals surface area contributed by atoms with Gasteiger partial charge in [0.05, 0.1) is 0 Å². The van der Waals surface area contributed by atoms with Gasteiger partial charge in [-0.25, -0.2) is 0 Å². The zero-order chi connectivity index (χ0) is 23.2. The molecule has 4 rings (SSSR count). The molecule has 0 fully saturated rings. The fourth-order valence-corrected chi connectivity index (χ4v) is 15.6. The molecule has 1 aliphatic heterocycles. The molecule has 0 saturated carbocycles. The zero-order valence-corrected chi connectivity index (χ0v) is 21.8. The number of nitrogens with zero attached hydrogens (tertiary/aromatic N) is 2. The summed E-state index contributed by atoms with van der Waals surface area (Å²) in [5.74, 6) is 0.285. The SMILES string of the molecule is CC1=[C]([Ti+2]2([NH]S(=O)(=O)c3ccc(C)cc3)[c]3cccc[c]32)C(C)C=C1.C[N-]C.C[N-]C. The molecule has 1 aliphatic carbocycles.